The number of phenolic OH excluding ortho intramolecular Hbond substituents is 1. The lowest BCUT2D eigenvalue weighted by Gasteiger charge is -2.15. The van der Waals surface area contributed by atoms with E-state index in [2.05, 4.69) is 6.58 Å². The number of phenols is 1. The van der Waals surface area contributed by atoms with Crippen molar-refractivity contribution in [1.29, 1.82) is 0 Å². The first-order valence-electron chi connectivity index (χ1n) is 5.21. The first kappa shape index (κ1) is 16.4. The molecule has 0 aromatic heterocycles. The summed E-state index contributed by atoms with van der Waals surface area (Å²) in [7, 11) is 0. The van der Waals surface area contributed by atoms with Crippen LogP contribution in [0.4, 0.5) is 5.69 Å². The molecule has 0 spiro atoms. The molecule has 0 amide bonds. The summed E-state index contributed by atoms with van der Waals surface area (Å²) in [4.78, 5) is 10.4. The molecule has 1 aromatic carbocycles. The molecule has 0 saturated heterocycles. The summed E-state index contributed by atoms with van der Waals surface area (Å²) in [5.74, 6) is -0.104. The number of nitrogens with two attached hydrogens (primary N) is 1. The highest BCUT2D eigenvalue weighted by atomic mass is 35.5. The molecule has 0 fully saturated rings. The monoisotopic (exact) mass is 272 g/mol. The van der Waals surface area contributed by atoms with Crippen LogP contribution in [0.2, 0.25) is 0 Å². The third-order valence-electron chi connectivity index (χ3n) is 2.53. The zero-order valence-electron chi connectivity index (χ0n) is 10.3. The van der Waals surface area contributed by atoms with E-state index in [1.807, 2.05) is 0 Å². The van der Waals surface area contributed by atoms with Crippen molar-refractivity contribution in [3.05, 3.63) is 45.5 Å². The van der Waals surface area contributed by atoms with E-state index in [9.17, 15) is 15.2 Å². The Morgan fingerprint density at radius 2 is 2.17 bits per heavy atom. The number of halogens is 1. The van der Waals surface area contributed by atoms with Gasteiger partial charge in [0.15, 0.2) is 0 Å². The Bertz CT molecular complexity index is 475. The van der Waals surface area contributed by atoms with Gasteiger partial charge in [-0.25, -0.2) is 0 Å². The lowest BCUT2D eigenvalue weighted by Crippen LogP contribution is -2.13. The molecule has 1 rings (SSSR count). The summed E-state index contributed by atoms with van der Waals surface area (Å²) in [5.41, 5.74) is 7.29. The number of nitro benzene ring substituents is 1. The molecule has 3 N–H and O–H groups in total. The largest absolute Gasteiger partial charge is 0.507 e. The van der Waals surface area contributed by atoms with E-state index in [0.717, 1.165) is 5.57 Å². The van der Waals surface area contributed by atoms with Gasteiger partial charge in [0.05, 0.1) is 10.5 Å². The number of benzene rings is 1. The number of aryl methyl sites for hydroxylation is 1. The van der Waals surface area contributed by atoms with Gasteiger partial charge in [-0.3, -0.25) is 10.1 Å². The molecule has 0 heterocycles. The van der Waals surface area contributed by atoms with Gasteiger partial charge in [0.25, 0.3) is 5.69 Å². The molecule has 1 aromatic rings. The van der Waals surface area contributed by atoms with E-state index in [1.165, 1.54) is 12.1 Å². The molecular formula is C12H17ClN2O3. The van der Waals surface area contributed by atoms with Crippen molar-refractivity contribution in [2.24, 2.45) is 5.73 Å². The van der Waals surface area contributed by atoms with E-state index >= 15 is 0 Å². The van der Waals surface area contributed by atoms with Crippen molar-refractivity contribution >= 4 is 18.1 Å². The molecule has 0 bridgehead atoms. The standard InChI is InChI=1S/C12H16N2O3.ClH/c1-7(2)6-9(13)11-10(14(16)17)5-4-8(3)12(11)15;/h4-5,9,15H,1,6,13H2,2-3H3;1H/t9-;/m1./s1. The molecule has 0 aliphatic carbocycles. The van der Waals surface area contributed by atoms with Gasteiger partial charge in [0.2, 0.25) is 0 Å². The van der Waals surface area contributed by atoms with Gasteiger partial charge in [-0.2, -0.15) is 0 Å². The molecule has 0 radical (unpaired) electrons. The maximum atomic E-state index is 10.9. The van der Waals surface area contributed by atoms with Gasteiger partial charge >= 0.3 is 0 Å². The van der Waals surface area contributed by atoms with Crippen LogP contribution in [-0.2, 0) is 0 Å². The van der Waals surface area contributed by atoms with Gasteiger partial charge in [-0.1, -0.05) is 5.57 Å². The maximum Gasteiger partial charge on any atom is 0.277 e. The summed E-state index contributed by atoms with van der Waals surface area (Å²) in [6.45, 7) is 7.18. The van der Waals surface area contributed by atoms with Crippen LogP contribution in [0.1, 0.15) is 30.5 Å². The summed E-state index contributed by atoms with van der Waals surface area (Å²) >= 11 is 0. The Morgan fingerprint density at radius 3 is 2.61 bits per heavy atom. The van der Waals surface area contributed by atoms with Crippen LogP contribution in [-0.4, -0.2) is 10.0 Å². The van der Waals surface area contributed by atoms with E-state index in [4.69, 9.17) is 5.73 Å². The van der Waals surface area contributed by atoms with Gasteiger partial charge < -0.3 is 10.8 Å². The average molecular weight is 273 g/mol. The molecular weight excluding hydrogens is 256 g/mol. The Balaban J connectivity index is 0.00000289. The van der Waals surface area contributed by atoms with Crippen LogP contribution in [0.15, 0.2) is 24.3 Å². The van der Waals surface area contributed by atoms with Crippen molar-refractivity contribution in [2.75, 3.05) is 0 Å². The second-order valence-electron chi connectivity index (χ2n) is 4.19. The minimum atomic E-state index is -0.618. The first-order chi connectivity index (χ1) is 7.84. The lowest BCUT2D eigenvalue weighted by molar-refractivity contribution is -0.385. The number of nitro groups is 1. The van der Waals surface area contributed by atoms with Gasteiger partial charge in [0.1, 0.15) is 5.75 Å². The fourth-order valence-electron chi connectivity index (χ4n) is 1.71. The first-order valence-corrected chi connectivity index (χ1v) is 5.21. The molecule has 6 heteroatoms. The van der Waals surface area contributed by atoms with Gasteiger partial charge in [0, 0.05) is 12.1 Å². The SMILES string of the molecule is C=C(C)C[C@@H](N)c1c([N+](=O)[O-])ccc(C)c1O.Cl. The lowest BCUT2D eigenvalue weighted by atomic mass is 9.96. The summed E-state index contributed by atoms with van der Waals surface area (Å²) in [6.07, 6.45) is 0.401. The molecule has 0 unspecified atom stereocenters. The topological polar surface area (TPSA) is 89.4 Å². The quantitative estimate of drug-likeness (QED) is 0.501. The minimum absolute atomic E-state index is 0. The summed E-state index contributed by atoms with van der Waals surface area (Å²) in [6, 6.07) is 2.25. The average Bonchev–Trinajstić information content (AvgIpc) is 2.20. The smallest absolute Gasteiger partial charge is 0.277 e. The molecule has 0 saturated carbocycles. The fourth-order valence-corrected chi connectivity index (χ4v) is 1.71. The molecule has 5 nitrogen and oxygen atoms in total. The Labute approximate surface area is 112 Å². The minimum Gasteiger partial charge on any atom is -0.507 e. The van der Waals surface area contributed by atoms with Crippen LogP contribution >= 0.6 is 12.4 Å². The predicted molar refractivity (Wildman–Crippen MR) is 73.1 cm³/mol. The van der Waals surface area contributed by atoms with Crippen molar-refractivity contribution in [3.8, 4) is 5.75 Å². The predicted octanol–water partition coefficient (Wildman–Crippen LogP) is 3.00. The highest BCUT2D eigenvalue weighted by molar-refractivity contribution is 5.85. The van der Waals surface area contributed by atoms with Crippen LogP contribution in [0, 0.1) is 17.0 Å². The number of hydrogen-bond acceptors (Lipinski definition) is 4. The molecule has 18 heavy (non-hydrogen) atoms. The van der Waals surface area contributed by atoms with Crippen LogP contribution < -0.4 is 5.73 Å². The van der Waals surface area contributed by atoms with E-state index in [1.54, 1.807) is 13.8 Å². The second kappa shape index (κ2) is 6.37. The third kappa shape index (κ3) is 3.45. The molecule has 0 aliphatic heterocycles. The number of hydrogen-bond donors (Lipinski definition) is 2. The van der Waals surface area contributed by atoms with Gasteiger partial charge in [-0.15, -0.1) is 19.0 Å². The zero-order chi connectivity index (χ0) is 13.2. The Kier molecular flexibility index (Phi) is 5.81. The molecule has 0 aliphatic rings. The van der Waals surface area contributed by atoms with Crippen molar-refractivity contribution in [3.63, 3.8) is 0 Å². The fraction of sp³-hybridized carbons (Fsp3) is 0.333. The van der Waals surface area contributed by atoms with E-state index < -0.39 is 11.0 Å². The van der Waals surface area contributed by atoms with Crippen molar-refractivity contribution in [1.82, 2.24) is 0 Å². The number of aromatic hydroxyl groups is 1. The van der Waals surface area contributed by atoms with Crippen molar-refractivity contribution < 1.29 is 10.0 Å². The normalized spacial score (nSPS) is 11.5. The molecule has 1 atom stereocenters. The third-order valence-corrected chi connectivity index (χ3v) is 2.53. The second-order valence-corrected chi connectivity index (χ2v) is 4.19. The summed E-state index contributed by atoms with van der Waals surface area (Å²) < 4.78 is 0. The van der Waals surface area contributed by atoms with Gasteiger partial charge in [-0.05, 0) is 31.9 Å². The Hall–Kier alpha value is -1.59. The van der Waals surface area contributed by atoms with E-state index in [-0.39, 0.29) is 29.4 Å². The maximum absolute atomic E-state index is 10.9. The Morgan fingerprint density at radius 1 is 1.61 bits per heavy atom. The van der Waals surface area contributed by atoms with Crippen molar-refractivity contribution in [2.45, 2.75) is 26.3 Å². The number of rotatable bonds is 4. The van der Waals surface area contributed by atoms with E-state index in [0.29, 0.717) is 12.0 Å². The van der Waals surface area contributed by atoms with Crippen LogP contribution in [0.3, 0.4) is 0 Å². The highest BCUT2D eigenvalue weighted by Crippen LogP contribution is 2.36. The number of nitrogens with zero attached hydrogens (tertiary/aromatic N) is 1. The van der Waals surface area contributed by atoms with Crippen LogP contribution in [0.25, 0.3) is 0 Å². The highest BCUT2D eigenvalue weighted by Gasteiger charge is 2.24. The molecule has 100 valence electrons. The van der Waals surface area contributed by atoms with Crippen LogP contribution in [0.5, 0.6) is 5.75 Å². The summed E-state index contributed by atoms with van der Waals surface area (Å²) in [5, 5.41) is 20.8. The zero-order valence-corrected chi connectivity index (χ0v) is 11.2.